The molecular weight excluding hydrogens is 224 g/mol. The summed E-state index contributed by atoms with van der Waals surface area (Å²) in [6, 6.07) is 0.556. The zero-order valence-corrected chi connectivity index (χ0v) is 10.9. The van der Waals surface area contributed by atoms with Gasteiger partial charge in [-0.25, -0.2) is 8.78 Å². The molecule has 0 heterocycles. The van der Waals surface area contributed by atoms with E-state index in [1.54, 1.807) is 0 Å². The van der Waals surface area contributed by atoms with Crippen molar-refractivity contribution in [1.82, 2.24) is 5.32 Å². The maximum Gasteiger partial charge on any atom is 0.261 e. The van der Waals surface area contributed by atoms with E-state index < -0.39 is 13.0 Å². The summed E-state index contributed by atoms with van der Waals surface area (Å²) in [7, 11) is 0. The van der Waals surface area contributed by atoms with E-state index in [9.17, 15) is 8.78 Å². The maximum atomic E-state index is 11.8. The number of hydrogen-bond donors (Lipinski definition) is 1. The normalized spacial score (nSPS) is 25.8. The van der Waals surface area contributed by atoms with Gasteiger partial charge in [-0.05, 0) is 37.5 Å². The topological polar surface area (TPSA) is 21.3 Å². The molecule has 2 nitrogen and oxygen atoms in total. The lowest BCUT2D eigenvalue weighted by Crippen LogP contribution is -2.36. The molecule has 0 aromatic heterocycles. The van der Waals surface area contributed by atoms with Gasteiger partial charge in [0, 0.05) is 12.6 Å². The molecule has 1 saturated carbocycles. The van der Waals surface area contributed by atoms with Gasteiger partial charge in [0.05, 0.1) is 6.61 Å². The molecule has 0 saturated heterocycles. The first-order valence-corrected chi connectivity index (χ1v) is 6.69. The van der Waals surface area contributed by atoms with Gasteiger partial charge in [0.15, 0.2) is 0 Å². The lowest BCUT2D eigenvalue weighted by molar-refractivity contribution is 0.0178. The van der Waals surface area contributed by atoms with E-state index in [0.29, 0.717) is 19.2 Å². The molecule has 17 heavy (non-hydrogen) atoms. The Labute approximate surface area is 103 Å². The van der Waals surface area contributed by atoms with Crippen LogP contribution < -0.4 is 5.32 Å². The lowest BCUT2D eigenvalue weighted by Gasteiger charge is -2.31. The summed E-state index contributed by atoms with van der Waals surface area (Å²) < 4.78 is 28.4. The molecule has 1 rings (SSSR count). The van der Waals surface area contributed by atoms with Gasteiger partial charge in [-0.2, -0.15) is 0 Å². The van der Waals surface area contributed by atoms with E-state index >= 15 is 0 Å². The van der Waals surface area contributed by atoms with Gasteiger partial charge in [0.2, 0.25) is 0 Å². The van der Waals surface area contributed by atoms with Crippen molar-refractivity contribution in [1.29, 1.82) is 0 Å². The Hall–Kier alpha value is -0.220. The average Bonchev–Trinajstić information content (AvgIpc) is 2.29. The van der Waals surface area contributed by atoms with E-state index in [0.717, 1.165) is 11.8 Å². The van der Waals surface area contributed by atoms with E-state index in [2.05, 4.69) is 19.2 Å². The molecule has 0 amide bonds. The molecule has 0 bridgehead atoms. The largest absolute Gasteiger partial charge is 0.374 e. The Morgan fingerprint density at radius 2 is 1.82 bits per heavy atom. The van der Waals surface area contributed by atoms with Gasteiger partial charge >= 0.3 is 0 Å². The third-order valence-electron chi connectivity index (χ3n) is 3.64. The van der Waals surface area contributed by atoms with Crippen LogP contribution in [0.4, 0.5) is 8.78 Å². The van der Waals surface area contributed by atoms with Gasteiger partial charge in [0.1, 0.15) is 6.61 Å². The van der Waals surface area contributed by atoms with Crippen molar-refractivity contribution in [2.45, 2.75) is 52.0 Å². The molecule has 1 aliphatic carbocycles. The second-order valence-electron chi connectivity index (χ2n) is 5.28. The highest BCUT2D eigenvalue weighted by molar-refractivity contribution is 4.78. The van der Waals surface area contributed by atoms with Crippen molar-refractivity contribution in [2.24, 2.45) is 11.8 Å². The standard InChI is InChI=1S/C13H25F2NO/c1-10(2)11-3-5-12(6-4-11)16-7-8-17-9-13(14)15/h10-13,16H,3-9H2,1-2H3. The third-order valence-corrected chi connectivity index (χ3v) is 3.64. The zero-order valence-electron chi connectivity index (χ0n) is 10.9. The van der Waals surface area contributed by atoms with Crippen LogP contribution in [0.1, 0.15) is 39.5 Å². The summed E-state index contributed by atoms with van der Waals surface area (Å²) in [5, 5.41) is 3.38. The number of nitrogens with one attached hydrogen (secondary N) is 1. The first-order valence-electron chi connectivity index (χ1n) is 6.69. The van der Waals surface area contributed by atoms with Crippen molar-refractivity contribution >= 4 is 0 Å². The smallest absolute Gasteiger partial charge is 0.261 e. The average molecular weight is 249 g/mol. The minimum Gasteiger partial charge on any atom is -0.374 e. The number of rotatable bonds is 7. The van der Waals surface area contributed by atoms with Crippen LogP contribution in [0.25, 0.3) is 0 Å². The minimum atomic E-state index is -2.35. The molecule has 102 valence electrons. The highest BCUT2D eigenvalue weighted by Gasteiger charge is 2.22. The van der Waals surface area contributed by atoms with Crippen LogP contribution in [-0.2, 0) is 4.74 Å². The molecule has 0 radical (unpaired) electrons. The van der Waals surface area contributed by atoms with E-state index in [4.69, 9.17) is 4.74 Å². The second kappa shape index (κ2) is 7.98. The van der Waals surface area contributed by atoms with Crippen LogP contribution >= 0.6 is 0 Å². The lowest BCUT2D eigenvalue weighted by atomic mass is 9.80. The van der Waals surface area contributed by atoms with Crippen molar-refractivity contribution in [3.05, 3.63) is 0 Å². The van der Waals surface area contributed by atoms with Crippen LogP contribution in [0.15, 0.2) is 0 Å². The summed E-state index contributed by atoms with van der Waals surface area (Å²) in [6.45, 7) is 5.20. The quantitative estimate of drug-likeness (QED) is 0.700. The van der Waals surface area contributed by atoms with Crippen molar-refractivity contribution < 1.29 is 13.5 Å². The molecule has 0 atom stereocenters. The first-order chi connectivity index (χ1) is 8.09. The monoisotopic (exact) mass is 249 g/mol. The van der Waals surface area contributed by atoms with Gasteiger partial charge in [0.25, 0.3) is 6.43 Å². The van der Waals surface area contributed by atoms with E-state index in [1.807, 2.05) is 0 Å². The molecule has 0 aliphatic heterocycles. The highest BCUT2D eigenvalue weighted by atomic mass is 19.3. The maximum absolute atomic E-state index is 11.8. The van der Waals surface area contributed by atoms with Gasteiger partial charge in [-0.3, -0.25) is 0 Å². The second-order valence-corrected chi connectivity index (χ2v) is 5.28. The Kier molecular flexibility index (Phi) is 6.97. The van der Waals surface area contributed by atoms with Crippen LogP contribution in [0, 0.1) is 11.8 Å². The van der Waals surface area contributed by atoms with Crippen molar-refractivity contribution in [2.75, 3.05) is 19.8 Å². The molecule has 4 heteroatoms. The summed E-state index contributed by atoms with van der Waals surface area (Å²) in [4.78, 5) is 0. The van der Waals surface area contributed by atoms with Crippen LogP contribution in [0.5, 0.6) is 0 Å². The van der Waals surface area contributed by atoms with Gasteiger partial charge < -0.3 is 10.1 Å². The van der Waals surface area contributed by atoms with Crippen LogP contribution in [-0.4, -0.2) is 32.2 Å². The molecular formula is C13H25F2NO. The van der Waals surface area contributed by atoms with Crippen molar-refractivity contribution in [3.63, 3.8) is 0 Å². The fourth-order valence-corrected chi connectivity index (χ4v) is 2.50. The zero-order chi connectivity index (χ0) is 12.7. The number of hydrogen-bond acceptors (Lipinski definition) is 2. The number of halogens is 2. The number of alkyl halides is 2. The molecule has 0 unspecified atom stereocenters. The minimum absolute atomic E-state index is 0.383. The predicted molar refractivity (Wildman–Crippen MR) is 65.4 cm³/mol. The molecule has 1 aliphatic rings. The Morgan fingerprint density at radius 1 is 1.18 bits per heavy atom. The number of ether oxygens (including phenoxy) is 1. The Morgan fingerprint density at radius 3 is 2.35 bits per heavy atom. The van der Waals surface area contributed by atoms with E-state index in [-0.39, 0.29) is 0 Å². The van der Waals surface area contributed by atoms with Crippen LogP contribution in [0.3, 0.4) is 0 Å². The molecule has 0 spiro atoms. The molecule has 1 fully saturated rings. The summed E-state index contributed by atoms with van der Waals surface area (Å²) in [6.07, 6.45) is 2.63. The van der Waals surface area contributed by atoms with Gasteiger partial charge in [-0.1, -0.05) is 13.8 Å². The van der Waals surface area contributed by atoms with Crippen molar-refractivity contribution in [3.8, 4) is 0 Å². The molecule has 0 aromatic carbocycles. The SMILES string of the molecule is CC(C)C1CCC(NCCOCC(F)F)CC1. The van der Waals surface area contributed by atoms with Gasteiger partial charge in [-0.15, -0.1) is 0 Å². The fourth-order valence-electron chi connectivity index (χ4n) is 2.50. The Bertz CT molecular complexity index is 192. The van der Waals surface area contributed by atoms with E-state index in [1.165, 1.54) is 25.7 Å². The third kappa shape index (κ3) is 6.32. The molecule has 0 aromatic rings. The first kappa shape index (κ1) is 14.8. The summed E-state index contributed by atoms with van der Waals surface area (Å²) in [5.41, 5.74) is 0. The Balaban J connectivity index is 1.99. The highest BCUT2D eigenvalue weighted by Crippen LogP contribution is 2.29. The molecule has 1 N–H and O–H groups in total. The van der Waals surface area contributed by atoms with Crippen LogP contribution in [0.2, 0.25) is 0 Å². The summed E-state index contributed by atoms with van der Waals surface area (Å²) >= 11 is 0. The predicted octanol–water partition coefficient (Wildman–Crippen LogP) is 3.07. The summed E-state index contributed by atoms with van der Waals surface area (Å²) in [5.74, 6) is 1.65. The fraction of sp³-hybridized carbons (Fsp3) is 1.00.